The average Bonchev–Trinajstić information content (AvgIpc) is 3.32. The van der Waals surface area contributed by atoms with Crippen molar-refractivity contribution in [2.75, 3.05) is 40.9 Å². The molecule has 3 N–H and O–H groups in total. The highest BCUT2D eigenvalue weighted by Gasteiger charge is 2.27. The van der Waals surface area contributed by atoms with E-state index in [1.165, 1.54) is 96.3 Å². The summed E-state index contributed by atoms with van der Waals surface area (Å²) >= 11 is 0. The zero-order chi connectivity index (χ0) is 51.3. The molecule has 0 rings (SSSR count). The normalized spacial score (nSPS) is 14.9. The molecule has 0 fully saturated rings. The lowest BCUT2D eigenvalue weighted by Gasteiger charge is -2.25. The van der Waals surface area contributed by atoms with Gasteiger partial charge in [0, 0.05) is 6.42 Å². The smallest absolute Gasteiger partial charge is 0.387 e. The van der Waals surface area contributed by atoms with Crippen molar-refractivity contribution in [2.45, 2.75) is 219 Å². The van der Waals surface area contributed by atoms with Crippen LogP contribution in [-0.2, 0) is 18.4 Å². The van der Waals surface area contributed by atoms with Crippen molar-refractivity contribution in [3.8, 4) is 0 Å². The second-order valence-electron chi connectivity index (χ2n) is 19.6. The van der Waals surface area contributed by atoms with E-state index in [1.807, 2.05) is 27.2 Å². The van der Waals surface area contributed by atoms with Gasteiger partial charge in [-0.1, -0.05) is 225 Å². The van der Waals surface area contributed by atoms with Crippen molar-refractivity contribution >= 4 is 13.7 Å². The number of quaternary nitrogens is 1. The molecule has 9 heteroatoms. The third-order valence-corrected chi connectivity index (χ3v) is 12.6. The first kappa shape index (κ1) is 66.9. The molecule has 70 heavy (non-hydrogen) atoms. The molecule has 0 aliphatic rings. The highest BCUT2D eigenvalue weighted by Crippen LogP contribution is 2.43. The summed E-state index contributed by atoms with van der Waals surface area (Å²) in [5.41, 5.74) is 0. The Morgan fingerprint density at radius 1 is 0.500 bits per heavy atom. The Balaban J connectivity index is 3.98. The van der Waals surface area contributed by atoms with Gasteiger partial charge in [-0.15, -0.1) is 0 Å². The van der Waals surface area contributed by atoms with E-state index in [0.717, 1.165) is 89.9 Å². The molecule has 0 saturated heterocycles. The zero-order valence-corrected chi connectivity index (χ0v) is 46.4. The van der Waals surface area contributed by atoms with E-state index in [9.17, 15) is 19.4 Å². The first-order chi connectivity index (χ1) is 34.0. The summed E-state index contributed by atoms with van der Waals surface area (Å²) in [6.45, 7) is 4.60. The molecule has 400 valence electrons. The van der Waals surface area contributed by atoms with Gasteiger partial charge in [-0.3, -0.25) is 13.8 Å². The fraction of sp³-hybridized carbons (Fsp3) is 0.656. The molecule has 0 aliphatic heterocycles. The second kappa shape index (κ2) is 50.8. The van der Waals surface area contributed by atoms with Gasteiger partial charge in [0.1, 0.15) is 13.2 Å². The van der Waals surface area contributed by atoms with Crippen LogP contribution in [0.2, 0.25) is 0 Å². The molecule has 3 unspecified atom stereocenters. The van der Waals surface area contributed by atoms with Gasteiger partial charge in [0.05, 0.1) is 39.9 Å². The van der Waals surface area contributed by atoms with Crippen LogP contribution in [-0.4, -0.2) is 73.4 Å². The molecule has 0 radical (unpaired) electrons. The van der Waals surface area contributed by atoms with Crippen molar-refractivity contribution in [3.05, 3.63) is 122 Å². The number of unbranched alkanes of at least 4 members (excludes halogenated alkanes) is 18. The maximum atomic E-state index is 12.9. The molecule has 0 aliphatic carbocycles. The number of rotatable bonds is 49. The first-order valence-electron chi connectivity index (χ1n) is 27.9. The summed E-state index contributed by atoms with van der Waals surface area (Å²) in [4.78, 5) is 23.1. The number of likely N-dealkylation sites (N-methyl/N-ethyl adjacent to an activating group) is 1. The van der Waals surface area contributed by atoms with E-state index in [1.54, 1.807) is 6.08 Å². The minimum atomic E-state index is -4.35. The molecular formula is C61H106N2O6P+. The largest absolute Gasteiger partial charge is 0.472 e. The lowest BCUT2D eigenvalue weighted by Crippen LogP contribution is -2.45. The predicted octanol–water partition coefficient (Wildman–Crippen LogP) is 17.0. The summed E-state index contributed by atoms with van der Waals surface area (Å²) in [6.07, 6.45) is 76.1. The van der Waals surface area contributed by atoms with Gasteiger partial charge in [-0.05, 0) is 96.3 Å². The van der Waals surface area contributed by atoms with Crippen molar-refractivity contribution in [2.24, 2.45) is 0 Å². The monoisotopic (exact) mass is 994 g/mol. The number of nitrogens with zero attached hydrogens (tertiary/aromatic N) is 1. The van der Waals surface area contributed by atoms with Crippen molar-refractivity contribution in [1.29, 1.82) is 0 Å². The third-order valence-electron chi connectivity index (χ3n) is 11.7. The maximum absolute atomic E-state index is 12.9. The number of nitrogens with one attached hydrogen (secondary N) is 1. The molecule has 0 aromatic carbocycles. The number of hydrogen-bond acceptors (Lipinski definition) is 5. The minimum absolute atomic E-state index is 0.0511. The number of allylic oxidation sites excluding steroid dienone is 19. The van der Waals surface area contributed by atoms with Gasteiger partial charge in [-0.25, -0.2) is 4.57 Å². The number of carbonyl (C=O) groups is 1. The van der Waals surface area contributed by atoms with Crippen LogP contribution in [0.25, 0.3) is 0 Å². The van der Waals surface area contributed by atoms with Crippen LogP contribution in [0.15, 0.2) is 122 Å². The van der Waals surface area contributed by atoms with Gasteiger partial charge < -0.3 is 19.8 Å². The number of aliphatic hydroxyl groups excluding tert-OH is 1. The van der Waals surface area contributed by atoms with Crippen LogP contribution in [0, 0.1) is 0 Å². The number of phosphoric acid groups is 1. The van der Waals surface area contributed by atoms with E-state index in [4.69, 9.17) is 9.05 Å². The molecule has 3 atom stereocenters. The molecule has 0 aromatic rings. The molecule has 0 spiro atoms. The molecule has 0 aromatic heterocycles. The Morgan fingerprint density at radius 3 is 1.31 bits per heavy atom. The molecule has 0 saturated carbocycles. The van der Waals surface area contributed by atoms with Gasteiger partial charge >= 0.3 is 7.82 Å². The number of aliphatic hydroxyl groups is 1. The Bertz CT molecular complexity index is 1550. The molecule has 1 amide bonds. The fourth-order valence-electron chi connectivity index (χ4n) is 7.31. The van der Waals surface area contributed by atoms with Gasteiger partial charge in [0.2, 0.25) is 5.91 Å². The van der Waals surface area contributed by atoms with Crippen molar-refractivity contribution in [1.82, 2.24) is 5.32 Å². The lowest BCUT2D eigenvalue weighted by atomic mass is 10.0. The van der Waals surface area contributed by atoms with E-state index >= 15 is 0 Å². The summed E-state index contributed by atoms with van der Waals surface area (Å²) in [6, 6.07) is -0.868. The minimum Gasteiger partial charge on any atom is -0.387 e. The van der Waals surface area contributed by atoms with Crippen molar-refractivity contribution in [3.63, 3.8) is 0 Å². The zero-order valence-electron chi connectivity index (χ0n) is 45.5. The first-order valence-corrected chi connectivity index (χ1v) is 29.4. The van der Waals surface area contributed by atoms with E-state index in [-0.39, 0.29) is 19.1 Å². The number of phosphoric ester groups is 1. The van der Waals surface area contributed by atoms with E-state index in [0.29, 0.717) is 17.4 Å². The topological polar surface area (TPSA) is 105 Å². The van der Waals surface area contributed by atoms with Gasteiger partial charge in [-0.2, -0.15) is 0 Å². The Labute approximate surface area is 431 Å². The fourth-order valence-corrected chi connectivity index (χ4v) is 8.04. The van der Waals surface area contributed by atoms with E-state index < -0.39 is 20.0 Å². The average molecular weight is 995 g/mol. The van der Waals surface area contributed by atoms with Crippen molar-refractivity contribution < 1.29 is 32.9 Å². The number of carbonyl (C=O) groups excluding carboxylic acids is 1. The molecular weight excluding hydrogens is 888 g/mol. The van der Waals surface area contributed by atoms with E-state index in [2.05, 4.69) is 129 Å². The highest BCUT2D eigenvalue weighted by atomic mass is 31.2. The highest BCUT2D eigenvalue weighted by molar-refractivity contribution is 7.47. The Morgan fingerprint density at radius 2 is 0.871 bits per heavy atom. The third kappa shape index (κ3) is 52.7. The quantitative estimate of drug-likeness (QED) is 0.0243. The SMILES string of the molecule is CC/C=C\C/C=C\C/C=C\C/C=C\C/C=C\C/C=C\C/C=C\C/C=C\CCCCCCCCCCCCCCCCC(=O)NC(COP(=O)(O)OCC[N+](C)(C)C)C(O)/C=C/CC/C=C/CCCCC. The molecule has 8 nitrogen and oxygen atoms in total. The lowest BCUT2D eigenvalue weighted by molar-refractivity contribution is -0.870. The summed E-state index contributed by atoms with van der Waals surface area (Å²) < 4.78 is 23.5. The van der Waals surface area contributed by atoms with Crippen LogP contribution in [0.5, 0.6) is 0 Å². The molecule has 0 heterocycles. The Hall–Kier alpha value is -3.10. The molecule has 0 bridgehead atoms. The van der Waals surface area contributed by atoms with Gasteiger partial charge in [0.15, 0.2) is 0 Å². The number of hydrogen-bond donors (Lipinski definition) is 3. The van der Waals surface area contributed by atoms with Crippen LogP contribution in [0.1, 0.15) is 206 Å². The summed E-state index contributed by atoms with van der Waals surface area (Å²) in [7, 11) is 1.54. The standard InChI is InChI=1S/C61H105N2O6P/c1-6-8-10-12-14-16-17-18-19-20-21-22-23-24-25-26-27-28-29-30-31-32-33-34-35-36-37-38-39-40-41-42-43-44-45-47-49-51-53-55-61(65)62-59(58-69-70(66,67)68-57-56-63(3,4)5)60(64)54-52-50-48-46-15-13-11-9-7-2/h8,10,14-16,18-19,21-22,24-25,27-28,30-31,33-34,46,52,54,59-60,64H,6-7,9,11-13,17,20,23,26,29,32,35-45,47-51,53,55-58H2,1-5H3,(H-,62,65,66,67)/p+1/b10-8-,16-14-,19-18-,22-21-,25-24-,28-27-,31-30-,34-33-,46-15+,54-52+. The van der Waals surface area contributed by atoms with Crippen LogP contribution < -0.4 is 5.32 Å². The number of amides is 1. The second-order valence-corrected chi connectivity index (χ2v) is 21.0. The van der Waals surface area contributed by atoms with Gasteiger partial charge in [0.25, 0.3) is 0 Å². The Kier molecular flexibility index (Phi) is 48.6. The van der Waals surface area contributed by atoms with Crippen LogP contribution in [0.4, 0.5) is 0 Å². The maximum Gasteiger partial charge on any atom is 0.472 e. The van der Waals surface area contributed by atoms with Crippen LogP contribution in [0.3, 0.4) is 0 Å². The summed E-state index contributed by atoms with van der Waals surface area (Å²) in [5.74, 6) is -0.195. The summed E-state index contributed by atoms with van der Waals surface area (Å²) in [5, 5.41) is 13.8. The predicted molar refractivity (Wildman–Crippen MR) is 304 cm³/mol. The van der Waals surface area contributed by atoms with Crippen LogP contribution >= 0.6 is 7.82 Å².